The Morgan fingerprint density at radius 1 is 1.12 bits per heavy atom. The van der Waals surface area contributed by atoms with Crippen LogP contribution >= 0.6 is 11.8 Å². The molecule has 2 unspecified atom stereocenters. The lowest BCUT2D eigenvalue weighted by atomic mass is 9.96. The number of thioether (sulfide) groups is 1. The molecule has 33 heavy (non-hydrogen) atoms. The van der Waals surface area contributed by atoms with Crippen LogP contribution in [0, 0.1) is 17.5 Å². The zero-order valence-corrected chi connectivity index (χ0v) is 18.9. The van der Waals surface area contributed by atoms with Crippen molar-refractivity contribution >= 4 is 28.4 Å². The van der Waals surface area contributed by atoms with E-state index >= 15 is 0 Å². The number of aliphatic imine (C=N–C) groups is 1. The Kier molecular flexibility index (Phi) is 5.90. The molecule has 3 aromatic rings. The summed E-state index contributed by atoms with van der Waals surface area (Å²) < 4.78 is 42.4. The molecule has 5 rings (SSSR count). The van der Waals surface area contributed by atoms with Gasteiger partial charge in [-0.05, 0) is 43.9 Å². The maximum absolute atomic E-state index is 14.1. The van der Waals surface area contributed by atoms with Gasteiger partial charge in [0.05, 0.1) is 16.0 Å². The summed E-state index contributed by atoms with van der Waals surface area (Å²) in [5.74, 6) is -1.76. The summed E-state index contributed by atoms with van der Waals surface area (Å²) in [6.45, 7) is 2.50. The van der Waals surface area contributed by atoms with Gasteiger partial charge in [0.1, 0.15) is 17.7 Å². The van der Waals surface area contributed by atoms with Crippen molar-refractivity contribution in [3.63, 3.8) is 0 Å². The van der Waals surface area contributed by atoms with Gasteiger partial charge in [-0.3, -0.25) is 9.79 Å². The molecule has 4 heterocycles. The number of imidazole rings is 1. The monoisotopic (exact) mass is 472 g/mol. The number of benzene rings is 1. The molecule has 2 aliphatic heterocycles. The lowest BCUT2D eigenvalue weighted by Gasteiger charge is -2.37. The molecule has 0 radical (unpaired) electrons. The molecule has 2 aromatic heterocycles. The van der Waals surface area contributed by atoms with Crippen LogP contribution in [0.1, 0.15) is 42.7 Å². The third-order valence-corrected chi connectivity index (χ3v) is 7.46. The van der Waals surface area contributed by atoms with Crippen LogP contribution in [-0.4, -0.2) is 43.9 Å². The Morgan fingerprint density at radius 3 is 2.70 bits per heavy atom. The quantitative estimate of drug-likeness (QED) is 0.540. The zero-order valence-electron chi connectivity index (χ0n) is 18.0. The molecule has 0 saturated carbocycles. The van der Waals surface area contributed by atoms with Crippen molar-refractivity contribution in [3.8, 4) is 0 Å². The van der Waals surface area contributed by atoms with Gasteiger partial charge < -0.3 is 9.30 Å². The van der Waals surface area contributed by atoms with Crippen molar-refractivity contribution in [2.24, 2.45) is 4.99 Å². The fraction of sp³-hybridized carbons (Fsp3) is 0.375. The second-order valence-corrected chi connectivity index (χ2v) is 9.87. The van der Waals surface area contributed by atoms with Gasteiger partial charge in [-0.1, -0.05) is 12.1 Å². The highest BCUT2D eigenvalue weighted by Crippen LogP contribution is 2.41. The number of piperidine rings is 1. The molecular formula is C24H23F3N4OS. The van der Waals surface area contributed by atoms with E-state index in [9.17, 15) is 18.0 Å². The van der Waals surface area contributed by atoms with E-state index in [1.54, 1.807) is 18.3 Å². The molecule has 9 heteroatoms. The van der Waals surface area contributed by atoms with E-state index in [1.807, 2.05) is 11.8 Å². The van der Waals surface area contributed by atoms with Crippen molar-refractivity contribution in [1.82, 2.24) is 14.3 Å². The van der Waals surface area contributed by atoms with Gasteiger partial charge in [-0.2, -0.15) is 0 Å². The average molecular weight is 473 g/mol. The van der Waals surface area contributed by atoms with E-state index in [0.717, 1.165) is 35.9 Å². The molecule has 1 fully saturated rings. The van der Waals surface area contributed by atoms with Crippen molar-refractivity contribution in [1.29, 1.82) is 0 Å². The third kappa shape index (κ3) is 4.38. The number of halogens is 3. The summed E-state index contributed by atoms with van der Waals surface area (Å²) in [7, 11) is 0. The number of nitrogens with zero attached hydrogens (tertiary/aromatic N) is 4. The Morgan fingerprint density at radius 2 is 1.91 bits per heavy atom. The molecule has 1 amide bonds. The van der Waals surface area contributed by atoms with Crippen LogP contribution in [0.2, 0.25) is 0 Å². The van der Waals surface area contributed by atoms with E-state index in [0.29, 0.717) is 18.7 Å². The smallest absolute Gasteiger partial charge is 0.249 e. The Balaban J connectivity index is 1.39. The summed E-state index contributed by atoms with van der Waals surface area (Å²) in [6.07, 6.45) is 5.95. The number of aromatic nitrogens is 2. The maximum atomic E-state index is 14.1. The molecule has 0 aliphatic carbocycles. The minimum Gasteiger partial charge on any atom is -0.337 e. The Bertz CT molecular complexity index is 1230. The minimum absolute atomic E-state index is 0.0561. The van der Waals surface area contributed by atoms with Crippen molar-refractivity contribution in [2.45, 2.75) is 49.9 Å². The molecule has 3 atom stereocenters. The lowest BCUT2D eigenvalue weighted by Crippen LogP contribution is -2.49. The molecule has 0 bridgehead atoms. The predicted octanol–water partition coefficient (Wildman–Crippen LogP) is 4.95. The molecule has 1 saturated heterocycles. The normalized spacial score (nSPS) is 23.2. The number of hydrogen-bond donors (Lipinski definition) is 0. The summed E-state index contributed by atoms with van der Waals surface area (Å²) in [5, 5.41) is 0.627. The summed E-state index contributed by atoms with van der Waals surface area (Å²) in [5.41, 5.74) is 1.55. The van der Waals surface area contributed by atoms with Gasteiger partial charge in [-0.25, -0.2) is 18.2 Å². The van der Waals surface area contributed by atoms with Crippen LogP contribution in [0.15, 0.2) is 47.7 Å². The van der Waals surface area contributed by atoms with E-state index in [-0.39, 0.29) is 28.7 Å². The number of rotatable bonds is 4. The first kappa shape index (κ1) is 22.0. The van der Waals surface area contributed by atoms with Crippen molar-refractivity contribution < 1.29 is 18.0 Å². The Hall–Kier alpha value is -2.81. The molecule has 0 spiro atoms. The first-order chi connectivity index (χ1) is 15.9. The van der Waals surface area contributed by atoms with Gasteiger partial charge in [-0.15, -0.1) is 11.8 Å². The number of fused-ring (bicyclic) bond motifs is 1. The van der Waals surface area contributed by atoms with Crippen LogP contribution in [0.3, 0.4) is 0 Å². The highest BCUT2D eigenvalue weighted by Gasteiger charge is 2.40. The van der Waals surface area contributed by atoms with Gasteiger partial charge >= 0.3 is 0 Å². The third-order valence-electron chi connectivity index (χ3n) is 6.23. The molecule has 0 N–H and O–H groups in total. The Labute approximate surface area is 193 Å². The lowest BCUT2D eigenvalue weighted by molar-refractivity contribution is -0.136. The first-order valence-corrected chi connectivity index (χ1v) is 11.9. The number of likely N-dealkylation sites (tertiary alicyclic amines) is 1. The van der Waals surface area contributed by atoms with Crippen LogP contribution in [0.5, 0.6) is 0 Å². The van der Waals surface area contributed by atoms with Gasteiger partial charge in [0.25, 0.3) is 0 Å². The molecule has 2 aliphatic rings. The zero-order chi connectivity index (χ0) is 23.1. The van der Waals surface area contributed by atoms with Crippen molar-refractivity contribution in [2.75, 3.05) is 6.54 Å². The van der Waals surface area contributed by atoms with Crippen LogP contribution < -0.4 is 0 Å². The summed E-state index contributed by atoms with van der Waals surface area (Å²) in [6, 6.07) is 6.36. The highest BCUT2D eigenvalue weighted by molar-refractivity contribution is 8.14. The number of amides is 1. The van der Waals surface area contributed by atoms with Crippen LogP contribution in [-0.2, 0) is 11.2 Å². The molecular weight excluding hydrogens is 449 g/mol. The average Bonchev–Trinajstić information content (AvgIpc) is 3.37. The number of hydrogen-bond acceptors (Lipinski definition) is 4. The molecule has 172 valence electrons. The van der Waals surface area contributed by atoms with E-state index in [4.69, 9.17) is 0 Å². The van der Waals surface area contributed by atoms with E-state index in [1.165, 1.54) is 34.5 Å². The van der Waals surface area contributed by atoms with Gasteiger partial charge in [0.2, 0.25) is 5.91 Å². The minimum atomic E-state index is -0.715. The number of carbonyl (C=O) groups is 1. The molecule has 1 aromatic carbocycles. The largest absolute Gasteiger partial charge is 0.337 e. The maximum Gasteiger partial charge on any atom is 0.249 e. The predicted molar refractivity (Wildman–Crippen MR) is 122 cm³/mol. The number of carbonyl (C=O) groups excluding carboxylic acids is 1. The van der Waals surface area contributed by atoms with E-state index in [2.05, 4.69) is 9.98 Å². The summed E-state index contributed by atoms with van der Waals surface area (Å²) >= 11 is 1.52. The van der Waals surface area contributed by atoms with Gasteiger partial charge in [0.15, 0.2) is 11.5 Å². The molecule has 5 nitrogen and oxygen atoms in total. The highest BCUT2D eigenvalue weighted by atomic mass is 32.2. The van der Waals surface area contributed by atoms with Crippen LogP contribution in [0.25, 0.3) is 5.65 Å². The second kappa shape index (κ2) is 8.85. The SMILES string of the molecule is CC1=NC(C(=O)N2CCCC[C@H]2Cc2cn3cc(F)cc(F)c3n2)C(c2ccc(F)cc2)S1. The fourth-order valence-corrected chi connectivity index (χ4v) is 5.86. The van der Waals surface area contributed by atoms with Crippen molar-refractivity contribution in [3.05, 3.63) is 71.4 Å². The topological polar surface area (TPSA) is 50.0 Å². The van der Waals surface area contributed by atoms with E-state index < -0.39 is 17.7 Å². The van der Waals surface area contributed by atoms with Gasteiger partial charge in [0, 0.05) is 37.5 Å². The standard InChI is InChI=1S/C24H23F3N4OS/c1-14-28-21(22(33-14)15-5-7-16(25)8-6-15)24(32)31-9-3-2-4-19(31)11-18-13-30-12-17(26)10-20(27)23(30)29-18/h5-8,10,12-13,19,21-22H,2-4,9,11H2,1H3/t19-,21?,22?/m0/s1. The second-order valence-electron chi connectivity index (χ2n) is 8.54. The summed E-state index contributed by atoms with van der Waals surface area (Å²) in [4.78, 5) is 24.5. The van der Waals surface area contributed by atoms with Crippen LogP contribution in [0.4, 0.5) is 13.2 Å². The number of pyridine rings is 1. The fourth-order valence-electron chi connectivity index (χ4n) is 4.72. The first-order valence-electron chi connectivity index (χ1n) is 11.0.